The molecule has 2 aliphatic heterocycles. The van der Waals surface area contributed by atoms with Gasteiger partial charge in [-0.25, -0.2) is 4.79 Å². The van der Waals surface area contributed by atoms with Gasteiger partial charge in [-0.05, 0) is 49.2 Å². The highest BCUT2D eigenvalue weighted by Gasteiger charge is 2.27. The summed E-state index contributed by atoms with van der Waals surface area (Å²) in [4.78, 5) is 26.6. The van der Waals surface area contributed by atoms with E-state index in [4.69, 9.17) is 37.9 Å². The average molecular weight is 500 g/mol. The van der Waals surface area contributed by atoms with Gasteiger partial charge in [0.05, 0.1) is 21.4 Å². The van der Waals surface area contributed by atoms with Gasteiger partial charge in [-0.3, -0.25) is 4.79 Å². The largest absolute Gasteiger partial charge is 0.454 e. The fourth-order valence-electron chi connectivity index (χ4n) is 3.50. The molecule has 11 heteroatoms. The number of ether oxygens (including phenoxy) is 2. The van der Waals surface area contributed by atoms with Crippen LogP contribution in [-0.4, -0.2) is 42.4 Å². The molecule has 9 nitrogen and oxygen atoms in total. The van der Waals surface area contributed by atoms with Crippen LogP contribution in [0.1, 0.15) is 22.8 Å². The molecule has 0 aromatic heterocycles. The Morgan fingerprint density at radius 1 is 1.24 bits per heavy atom. The molecule has 0 fully saturated rings. The highest BCUT2D eigenvalue weighted by atomic mass is 35.5. The van der Waals surface area contributed by atoms with Crippen molar-refractivity contribution in [2.75, 3.05) is 24.9 Å². The SMILES string of the molecule is C=C1NC(=O)N(c2cc(Cl)c(Oc3ccc4c(c3)CCN(COCC)C4=O)c(Cl)c2)N=C1C#N. The molecule has 1 N–H and O–H groups in total. The first-order chi connectivity index (χ1) is 16.3. The van der Waals surface area contributed by atoms with Gasteiger partial charge < -0.3 is 19.7 Å². The Labute approximate surface area is 205 Å². The van der Waals surface area contributed by atoms with Gasteiger partial charge >= 0.3 is 6.03 Å². The molecule has 2 aromatic carbocycles. The third kappa shape index (κ3) is 4.56. The van der Waals surface area contributed by atoms with Crippen molar-refractivity contribution in [1.82, 2.24) is 10.2 Å². The molecule has 2 aromatic rings. The number of nitriles is 1. The molecule has 174 valence electrons. The van der Waals surface area contributed by atoms with Crippen molar-refractivity contribution in [1.29, 1.82) is 5.26 Å². The summed E-state index contributed by atoms with van der Waals surface area (Å²) in [7, 11) is 0. The quantitative estimate of drug-likeness (QED) is 0.619. The van der Waals surface area contributed by atoms with Gasteiger partial charge in [0.2, 0.25) is 0 Å². The Morgan fingerprint density at radius 3 is 2.65 bits per heavy atom. The normalized spacial score (nSPS) is 15.5. The lowest BCUT2D eigenvalue weighted by atomic mass is 9.99. The van der Waals surface area contributed by atoms with E-state index < -0.39 is 6.03 Å². The number of hydrogen-bond donors (Lipinski definition) is 1. The van der Waals surface area contributed by atoms with Gasteiger partial charge in [0.25, 0.3) is 5.91 Å². The number of anilines is 1. The Balaban J connectivity index is 1.57. The van der Waals surface area contributed by atoms with E-state index in [1.54, 1.807) is 23.1 Å². The number of hydrogen-bond acceptors (Lipinski definition) is 6. The number of allylic oxidation sites excluding steroid dienone is 1. The van der Waals surface area contributed by atoms with Crippen LogP contribution in [-0.2, 0) is 11.2 Å². The number of nitrogens with zero attached hydrogens (tertiary/aromatic N) is 4. The summed E-state index contributed by atoms with van der Waals surface area (Å²) in [6.07, 6.45) is 0.653. The van der Waals surface area contributed by atoms with Crippen LogP contribution in [0.15, 0.2) is 47.7 Å². The van der Waals surface area contributed by atoms with Crippen molar-refractivity contribution in [2.24, 2.45) is 5.10 Å². The van der Waals surface area contributed by atoms with Crippen molar-refractivity contribution < 1.29 is 19.1 Å². The van der Waals surface area contributed by atoms with Gasteiger partial charge in [-0.1, -0.05) is 29.8 Å². The Morgan fingerprint density at radius 2 is 1.97 bits per heavy atom. The monoisotopic (exact) mass is 499 g/mol. The minimum atomic E-state index is -0.609. The standard InChI is InChI=1S/C23H19Cl2N5O4/c1-3-33-12-29-7-6-14-8-16(4-5-17(14)22(29)31)34-21-18(24)9-15(10-19(21)25)30-23(32)27-13(2)20(11-26)28-30/h4-5,8-10H,2-3,6-7,12H2,1H3,(H,27,32). The number of nitrogens with one attached hydrogen (secondary N) is 1. The molecule has 0 aliphatic carbocycles. The molecule has 0 saturated heterocycles. The molecule has 0 bridgehead atoms. The number of hydrazone groups is 1. The second-order valence-corrected chi connectivity index (χ2v) is 8.20. The molecule has 2 aliphatic rings. The zero-order valence-electron chi connectivity index (χ0n) is 18.1. The van der Waals surface area contributed by atoms with E-state index in [2.05, 4.69) is 17.0 Å². The van der Waals surface area contributed by atoms with Gasteiger partial charge in [-0.15, -0.1) is 0 Å². The van der Waals surface area contributed by atoms with Crippen LogP contribution in [0.2, 0.25) is 10.0 Å². The summed E-state index contributed by atoms with van der Waals surface area (Å²) < 4.78 is 11.3. The molecule has 4 rings (SSSR count). The van der Waals surface area contributed by atoms with Crippen LogP contribution >= 0.6 is 23.2 Å². The predicted molar refractivity (Wildman–Crippen MR) is 127 cm³/mol. The van der Waals surface area contributed by atoms with E-state index in [9.17, 15) is 9.59 Å². The zero-order valence-corrected chi connectivity index (χ0v) is 19.6. The summed E-state index contributed by atoms with van der Waals surface area (Å²) in [6.45, 7) is 6.79. The van der Waals surface area contributed by atoms with Crippen molar-refractivity contribution in [2.45, 2.75) is 13.3 Å². The van der Waals surface area contributed by atoms with Crippen LogP contribution in [0.25, 0.3) is 0 Å². The maximum atomic E-state index is 12.7. The summed E-state index contributed by atoms with van der Waals surface area (Å²) >= 11 is 12.8. The Kier molecular flexibility index (Phi) is 6.75. The fraction of sp³-hybridized carbons (Fsp3) is 0.217. The average Bonchev–Trinajstić information content (AvgIpc) is 2.81. The predicted octanol–water partition coefficient (Wildman–Crippen LogP) is 4.70. The summed E-state index contributed by atoms with van der Waals surface area (Å²) in [5.74, 6) is 0.540. The molecule has 0 saturated carbocycles. The Bertz CT molecular complexity index is 1250. The van der Waals surface area contributed by atoms with Crippen molar-refractivity contribution >= 4 is 46.5 Å². The van der Waals surface area contributed by atoms with E-state index in [-0.39, 0.29) is 45.5 Å². The third-order valence-electron chi connectivity index (χ3n) is 5.19. The molecular formula is C23H19Cl2N5O4. The number of amides is 3. The molecule has 2 heterocycles. The highest BCUT2D eigenvalue weighted by molar-refractivity contribution is 6.37. The minimum absolute atomic E-state index is 0.0457. The van der Waals surface area contributed by atoms with E-state index in [1.807, 2.05) is 13.0 Å². The molecule has 0 unspecified atom stereocenters. The lowest BCUT2D eigenvalue weighted by molar-refractivity contribution is 0.0264. The number of rotatable bonds is 6. The topological polar surface area (TPSA) is 107 Å². The zero-order chi connectivity index (χ0) is 24.4. The van der Waals surface area contributed by atoms with Crippen molar-refractivity contribution in [3.05, 3.63) is 63.8 Å². The number of carbonyl (C=O) groups excluding carboxylic acids is 2. The van der Waals surface area contributed by atoms with Crippen molar-refractivity contribution in [3.8, 4) is 17.6 Å². The second kappa shape index (κ2) is 9.73. The van der Waals surface area contributed by atoms with Gasteiger partial charge in [0.1, 0.15) is 18.5 Å². The highest BCUT2D eigenvalue weighted by Crippen LogP contribution is 2.40. The Hall–Kier alpha value is -3.58. The molecule has 34 heavy (non-hydrogen) atoms. The van der Waals surface area contributed by atoms with E-state index in [0.29, 0.717) is 30.9 Å². The molecule has 0 spiro atoms. The smallest absolute Gasteiger partial charge is 0.347 e. The lowest BCUT2D eigenvalue weighted by Crippen LogP contribution is -2.42. The minimum Gasteiger partial charge on any atom is -0.454 e. The van der Waals surface area contributed by atoms with E-state index in [0.717, 1.165) is 10.6 Å². The van der Waals surface area contributed by atoms with E-state index >= 15 is 0 Å². The molecular weight excluding hydrogens is 481 g/mol. The fourth-order valence-corrected chi connectivity index (χ4v) is 4.05. The van der Waals surface area contributed by atoms with Gasteiger partial charge in [0, 0.05) is 18.7 Å². The summed E-state index contributed by atoms with van der Waals surface area (Å²) in [5, 5.41) is 16.8. The van der Waals surface area contributed by atoms with Crippen LogP contribution in [0.5, 0.6) is 11.5 Å². The van der Waals surface area contributed by atoms with Gasteiger partial charge in [0.15, 0.2) is 11.5 Å². The second-order valence-electron chi connectivity index (χ2n) is 7.38. The first-order valence-electron chi connectivity index (χ1n) is 10.3. The lowest BCUT2D eigenvalue weighted by Gasteiger charge is -2.28. The summed E-state index contributed by atoms with van der Waals surface area (Å²) in [5.41, 5.74) is 1.74. The molecule has 3 amide bonds. The first kappa shape index (κ1) is 23.6. The third-order valence-corrected chi connectivity index (χ3v) is 5.75. The number of urea groups is 1. The number of carbonyl (C=O) groups is 2. The number of benzene rings is 2. The maximum absolute atomic E-state index is 12.7. The summed E-state index contributed by atoms with van der Waals surface area (Å²) in [6, 6.07) is 9.28. The van der Waals surface area contributed by atoms with Crippen LogP contribution in [0.3, 0.4) is 0 Å². The van der Waals surface area contributed by atoms with Gasteiger partial charge in [-0.2, -0.15) is 15.4 Å². The van der Waals surface area contributed by atoms with Crippen LogP contribution in [0.4, 0.5) is 10.5 Å². The van der Waals surface area contributed by atoms with E-state index in [1.165, 1.54) is 12.1 Å². The van der Waals surface area contributed by atoms with Crippen LogP contribution < -0.4 is 15.1 Å². The maximum Gasteiger partial charge on any atom is 0.347 e. The molecule has 0 atom stereocenters. The number of halogens is 2. The first-order valence-corrected chi connectivity index (χ1v) is 11.0. The molecule has 0 radical (unpaired) electrons. The van der Waals surface area contributed by atoms with Crippen LogP contribution in [0, 0.1) is 11.3 Å². The number of fused-ring (bicyclic) bond motifs is 1. The van der Waals surface area contributed by atoms with Crippen molar-refractivity contribution in [3.63, 3.8) is 0 Å².